The first-order valence-corrected chi connectivity index (χ1v) is 9.40. The molecule has 1 aliphatic carbocycles. The largest absolute Gasteiger partial charge is 0.361 e. The van der Waals surface area contributed by atoms with Crippen molar-refractivity contribution in [3.05, 3.63) is 41.6 Å². The van der Waals surface area contributed by atoms with E-state index < -0.39 is 0 Å². The van der Waals surface area contributed by atoms with Gasteiger partial charge in [0.25, 0.3) is 0 Å². The van der Waals surface area contributed by atoms with Gasteiger partial charge in [0, 0.05) is 35.7 Å². The zero-order chi connectivity index (χ0) is 17.6. The number of carbonyl (C=O) groups is 1. The fourth-order valence-electron chi connectivity index (χ4n) is 4.47. The Morgan fingerprint density at radius 2 is 2.28 bits per heavy atom. The van der Waals surface area contributed by atoms with E-state index in [4.69, 9.17) is 0 Å². The molecule has 4 nitrogen and oxygen atoms in total. The number of fused-ring (bicyclic) bond motifs is 2. The summed E-state index contributed by atoms with van der Waals surface area (Å²) >= 11 is 0. The summed E-state index contributed by atoms with van der Waals surface area (Å²) in [7, 11) is 2.14. The van der Waals surface area contributed by atoms with Crippen LogP contribution >= 0.6 is 0 Å². The lowest BCUT2D eigenvalue weighted by Crippen LogP contribution is -2.47. The summed E-state index contributed by atoms with van der Waals surface area (Å²) in [5, 5.41) is 4.52. The summed E-state index contributed by atoms with van der Waals surface area (Å²) in [5.41, 5.74) is 5.18. The Balaban J connectivity index is 1.69. The molecule has 0 bridgehead atoms. The number of likely N-dealkylation sites (N-methyl/N-ethyl adjacent to an activating group) is 1. The molecule has 0 saturated heterocycles. The number of benzene rings is 1. The third kappa shape index (κ3) is 2.78. The predicted molar refractivity (Wildman–Crippen MR) is 102 cm³/mol. The molecule has 2 aromatic rings. The number of aromatic nitrogens is 1. The van der Waals surface area contributed by atoms with Crippen molar-refractivity contribution in [2.75, 3.05) is 13.6 Å². The number of nitrogens with one attached hydrogen (secondary N) is 2. The molecule has 0 fully saturated rings. The van der Waals surface area contributed by atoms with Crippen LogP contribution in [0.15, 0.2) is 30.5 Å². The van der Waals surface area contributed by atoms with Crippen LogP contribution in [0.5, 0.6) is 0 Å². The third-order valence-electron chi connectivity index (χ3n) is 5.72. The van der Waals surface area contributed by atoms with E-state index in [9.17, 15) is 4.79 Å². The molecule has 1 aliphatic heterocycles. The van der Waals surface area contributed by atoms with Crippen LogP contribution in [0.3, 0.4) is 0 Å². The van der Waals surface area contributed by atoms with Crippen molar-refractivity contribution in [1.82, 2.24) is 15.2 Å². The molecule has 132 valence electrons. The van der Waals surface area contributed by atoms with Gasteiger partial charge in [-0.05, 0) is 49.6 Å². The van der Waals surface area contributed by atoms with Crippen molar-refractivity contribution in [1.29, 1.82) is 0 Å². The highest BCUT2D eigenvalue weighted by molar-refractivity contribution is 5.99. The summed E-state index contributed by atoms with van der Waals surface area (Å²) in [5.74, 6) is 0.0806. The quantitative estimate of drug-likeness (QED) is 0.899. The minimum absolute atomic E-state index is 0.0775. The van der Waals surface area contributed by atoms with Crippen LogP contribution in [-0.4, -0.2) is 41.5 Å². The normalized spacial score (nSPS) is 23.9. The fourth-order valence-corrected chi connectivity index (χ4v) is 4.47. The van der Waals surface area contributed by atoms with Gasteiger partial charge in [-0.15, -0.1) is 0 Å². The molecule has 2 N–H and O–H groups in total. The van der Waals surface area contributed by atoms with Crippen molar-refractivity contribution >= 4 is 22.4 Å². The molecule has 1 aromatic heterocycles. The fraction of sp³-hybridized carbons (Fsp3) is 0.476. The molecule has 0 radical (unpaired) electrons. The Morgan fingerprint density at radius 3 is 3.08 bits per heavy atom. The van der Waals surface area contributed by atoms with E-state index in [1.54, 1.807) is 0 Å². The molecule has 0 saturated carbocycles. The van der Waals surface area contributed by atoms with Gasteiger partial charge in [-0.25, -0.2) is 0 Å². The van der Waals surface area contributed by atoms with Crippen LogP contribution in [-0.2, 0) is 11.2 Å². The van der Waals surface area contributed by atoms with E-state index in [0.29, 0.717) is 6.04 Å². The topological polar surface area (TPSA) is 48.1 Å². The van der Waals surface area contributed by atoms with Crippen LogP contribution < -0.4 is 5.32 Å². The van der Waals surface area contributed by atoms with Crippen molar-refractivity contribution < 1.29 is 4.79 Å². The third-order valence-corrected chi connectivity index (χ3v) is 5.72. The van der Waals surface area contributed by atoms with Gasteiger partial charge in [-0.1, -0.05) is 31.6 Å². The number of amides is 1. The Labute approximate surface area is 149 Å². The molecule has 1 amide bonds. The van der Waals surface area contributed by atoms with Gasteiger partial charge >= 0.3 is 0 Å². The standard InChI is InChI=1S/C21H27N3O/c1-4-6-13(2)23-21(25)15-9-17-16-7-5-8-18-20(16)14(11-22-18)10-19(17)24(3)12-15/h5,7-9,11,13,15,19,22H,4,6,10,12H2,1-3H3,(H,23,25)/t13-,15+,19-/m1/s1. The van der Waals surface area contributed by atoms with Crippen LogP contribution in [0.1, 0.15) is 37.8 Å². The smallest absolute Gasteiger partial charge is 0.228 e. The first-order chi connectivity index (χ1) is 12.1. The zero-order valence-corrected chi connectivity index (χ0v) is 15.3. The second-order valence-corrected chi connectivity index (χ2v) is 7.63. The van der Waals surface area contributed by atoms with E-state index in [-0.39, 0.29) is 17.9 Å². The summed E-state index contributed by atoms with van der Waals surface area (Å²) in [6.07, 6.45) is 7.50. The van der Waals surface area contributed by atoms with Gasteiger partial charge in [-0.2, -0.15) is 0 Å². The summed E-state index contributed by atoms with van der Waals surface area (Å²) in [6.45, 7) is 5.03. The van der Waals surface area contributed by atoms with Gasteiger partial charge in [0.2, 0.25) is 5.91 Å². The molecular weight excluding hydrogens is 310 g/mol. The van der Waals surface area contributed by atoms with E-state index in [2.05, 4.69) is 66.6 Å². The predicted octanol–water partition coefficient (Wildman–Crippen LogP) is 3.34. The van der Waals surface area contributed by atoms with E-state index in [1.807, 2.05) is 0 Å². The van der Waals surface area contributed by atoms with Crippen molar-refractivity contribution in [2.24, 2.45) is 5.92 Å². The number of nitrogens with zero attached hydrogens (tertiary/aromatic N) is 1. The lowest BCUT2D eigenvalue weighted by atomic mass is 9.80. The highest BCUT2D eigenvalue weighted by Crippen LogP contribution is 2.40. The Hall–Kier alpha value is -2.07. The highest BCUT2D eigenvalue weighted by atomic mass is 16.2. The SMILES string of the molecule is CCC[C@@H](C)NC(=O)[C@H]1C=C2c3cccc4[nH]cc(c34)C[C@H]2N(C)C1. The van der Waals surface area contributed by atoms with Crippen LogP contribution in [0, 0.1) is 5.92 Å². The van der Waals surface area contributed by atoms with Gasteiger partial charge in [0.15, 0.2) is 0 Å². The number of rotatable bonds is 4. The maximum Gasteiger partial charge on any atom is 0.228 e. The van der Waals surface area contributed by atoms with E-state index in [1.165, 1.54) is 27.6 Å². The molecular formula is C21H27N3O. The number of hydrogen-bond acceptors (Lipinski definition) is 2. The van der Waals surface area contributed by atoms with Crippen molar-refractivity contribution in [2.45, 2.75) is 45.2 Å². The van der Waals surface area contributed by atoms with Crippen molar-refractivity contribution in [3.63, 3.8) is 0 Å². The number of carbonyl (C=O) groups excluding carboxylic acids is 1. The monoisotopic (exact) mass is 337 g/mol. The average Bonchev–Trinajstić information content (AvgIpc) is 3.00. The second-order valence-electron chi connectivity index (χ2n) is 7.63. The maximum absolute atomic E-state index is 12.8. The summed E-state index contributed by atoms with van der Waals surface area (Å²) in [4.78, 5) is 18.5. The molecule has 4 heteroatoms. The molecule has 4 rings (SSSR count). The molecule has 25 heavy (non-hydrogen) atoms. The highest BCUT2D eigenvalue weighted by Gasteiger charge is 2.35. The molecule has 3 atom stereocenters. The number of H-pyrrole nitrogens is 1. The van der Waals surface area contributed by atoms with Crippen LogP contribution in [0.4, 0.5) is 0 Å². The molecule has 0 unspecified atom stereocenters. The molecule has 2 heterocycles. The Kier molecular flexibility index (Phi) is 4.16. The first-order valence-electron chi connectivity index (χ1n) is 9.40. The number of aromatic amines is 1. The lowest BCUT2D eigenvalue weighted by Gasteiger charge is -2.39. The minimum atomic E-state index is -0.0775. The van der Waals surface area contributed by atoms with Crippen molar-refractivity contribution in [3.8, 4) is 0 Å². The molecule has 0 spiro atoms. The van der Waals surface area contributed by atoms with E-state index >= 15 is 0 Å². The maximum atomic E-state index is 12.8. The first kappa shape index (κ1) is 16.4. The van der Waals surface area contributed by atoms with Gasteiger partial charge in [-0.3, -0.25) is 9.69 Å². The van der Waals surface area contributed by atoms with Gasteiger partial charge < -0.3 is 10.3 Å². The zero-order valence-electron chi connectivity index (χ0n) is 15.3. The summed E-state index contributed by atoms with van der Waals surface area (Å²) in [6, 6.07) is 7.04. The van der Waals surface area contributed by atoms with Crippen LogP contribution in [0.2, 0.25) is 0 Å². The Bertz CT molecular complexity index is 835. The summed E-state index contributed by atoms with van der Waals surface area (Å²) < 4.78 is 0. The molecule has 1 aromatic carbocycles. The van der Waals surface area contributed by atoms with Gasteiger partial charge in [0.1, 0.15) is 0 Å². The van der Waals surface area contributed by atoms with Gasteiger partial charge in [0.05, 0.1) is 5.92 Å². The second kappa shape index (κ2) is 6.34. The number of hydrogen-bond donors (Lipinski definition) is 2. The average molecular weight is 337 g/mol. The Morgan fingerprint density at radius 1 is 1.44 bits per heavy atom. The van der Waals surface area contributed by atoms with E-state index in [0.717, 1.165) is 25.8 Å². The minimum Gasteiger partial charge on any atom is -0.361 e. The lowest BCUT2D eigenvalue weighted by molar-refractivity contribution is -0.124. The van der Waals surface area contributed by atoms with Crippen LogP contribution in [0.25, 0.3) is 16.5 Å². The molecule has 2 aliphatic rings.